The van der Waals surface area contributed by atoms with E-state index in [1.54, 1.807) is 42.5 Å². The minimum Gasteiger partial charge on any atom is -0.494 e. The van der Waals surface area contributed by atoms with E-state index in [0.717, 1.165) is 4.90 Å². The van der Waals surface area contributed by atoms with Crippen molar-refractivity contribution in [3.05, 3.63) is 52.9 Å². The first kappa shape index (κ1) is 25.6. The predicted octanol–water partition coefficient (Wildman–Crippen LogP) is 3.62. The van der Waals surface area contributed by atoms with Crippen LogP contribution in [-0.2, 0) is 14.4 Å². The molecule has 1 aliphatic rings. The molecule has 1 atom stereocenters. The zero-order valence-corrected chi connectivity index (χ0v) is 20.1. The highest BCUT2D eigenvalue weighted by molar-refractivity contribution is 8.18. The summed E-state index contributed by atoms with van der Waals surface area (Å²) in [5.41, 5.74) is 0.841. The fourth-order valence-electron chi connectivity index (χ4n) is 3.08. The second kappa shape index (κ2) is 11.4. The lowest BCUT2D eigenvalue weighted by atomic mass is 10.1. The van der Waals surface area contributed by atoms with Gasteiger partial charge in [-0.1, -0.05) is 12.1 Å². The number of carboxylic acids is 1. The molecule has 0 spiro atoms. The smallest absolute Gasteiger partial charge is 0.344 e. The minimum absolute atomic E-state index is 0.0601. The number of ether oxygens (including phenoxy) is 3. The maximum atomic E-state index is 12.9. The van der Waals surface area contributed by atoms with E-state index in [0.29, 0.717) is 35.4 Å². The Bertz CT molecular complexity index is 1160. The number of nitrogens with one attached hydrogen (secondary N) is 1. The van der Waals surface area contributed by atoms with Gasteiger partial charge in [-0.15, -0.1) is 0 Å². The van der Waals surface area contributed by atoms with E-state index in [-0.39, 0.29) is 16.4 Å². The third-order valence-corrected chi connectivity index (χ3v) is 5.69. The number of nitrogens with zero attached hydrogens (tertiary/aromatic N) is 1. The molecule has 0 unspecified atom stereocenters. The van der Waals surface area contributed by atoms with Crippen LogP contribution in [0.2, 0.25) is 0 Å². The third-order valence-electron chi connectivity index (χ3n) is 4.78. The lowest BCUT2D eigenvalue weighted by Crippen LogP contribution is -2.36. The Morgan fingerprint density at radius 2 is 1.89 bits per heavy atom. The summed E-state index contributed by atoms with van der Waals surface area (Å²) in [7, 11) is 1.40. The summed E-state index contributed by atoms with van der Waals surface area (Å²) in [5.74, 6) is -1.34. The van der Waals surface area contributed by atoms with E-state index in [9.17, 15) is 24.3 Å². The number of rotatable bonds is 10. The highest BCUT2D eigenvalue weighted by atomic mass is 32.2. The van der Waals surface area contributed by atoms with E-state index >= 15 is 0 Å². The van der Waals surface area contributed by atoms with Gasteiger partial charge in [-0.2, -0.15) is 0 Å². The van der Waals surface area contributed by atoms with Crippen molar-refractivity contribution in [3.8, 4) is 17.2 Å². The van der Waals surface area contributed by atoms with Gasteiger partial charge < -0.3 is 24.6 Å². The number of hydrogen-bond donors (Lipinski definition) is 2. The second-order valence-corrected chi connectivity index (χ2v) is 8.24. The summed E-state index contributed by atoms with van der Waals surface area (Å²) in [5, 5.41) is 11.2. The second-order valence-electron chi connectivity index (χ2n) is 7.25. The molecule has 184 valence electrons. The Kier molecular flexibility index (Phi) is 8.37. The number of benzene rings is 2. The topological polar surface area (TPSA) is 131 Å². The Morgan fingerprint density at radius 1 is 1.17 bits per heavy atom. The van der Waals surface area contributed by atoms with E-state index in [2.05, 4.69) is 5.32 Å². The van der Waals surface area contributed by atoms with Crippen LogP contribution in [0, 0.1) is 0 Å². The molecule has 2 aromatic rings. The number of aliphatic carboxylic acids is 1. The molecule has 3 rings (SSSR count). The van der Waals surface area contributed by atoms with Crippen molar-refractivity contribution in [1.82, 2.24) is 4.90 Å². The summed E-state index contributed by atoms with van der Waals surface area (Å²) in [6.45, 7) is 3.27. The van der Waals surface area contributed by atoms with Crippen LogP contribution in [0.15, 0.2) is 47.4 Å². The molecule has 10 nitrogen and oxygen atoms in total. The first-order valence-electron chi connectivity index (χ1n) is 10.6. The van der Waals surface area contributed by atoms with Crippen LogP contribution in [0.4, 0.5) is 10.5 Å². The van der Waals surface area contributed by atoms with Crippen LogP contribution in [-0.4, -0.2) is 59.4 Å². The first-order valence-corrected chi connectivity index (χ1v) is 11.4. The van der Waals surface area contributed by atoms with Crippen LogP contribution in [0.25, 0.3) is 6.08 Å². The van der Waals surface area contributed by atoms with Crippen molar-refractivity contribution in [3.63, 3.8) is 0 Å². The lowest BCUT2D eigenvalue weighted by Gasteiger charge is -2.16. The fraction of sp³-hybridized carbons (Fsp3) is 0.250. The zero-order chi connectivity index (χ0) is 25.5. The Morgan fingerprint density at radius 3 is 2.51 bits per heavy atom. The van der Waals surface area contributed by atoms with Gasteiger partial charge >= 0.3 is 5.97 Å². The normalized spacial score (nSPS) is 15.2. The molecule has 0 aromatic heterocycles. The molecule has 35 heavy (non-hydrogen) atoms. The number of carbonyl (C=O) groups excluding carboxylic acids is 3. The number of thioether (sulfide) groups is 1. The third kappa shape index (κ3) is 6.33. The van der Waals surface area contributed by atoms with E-state index in [4.69, 9.17) is 14.2 Å². The Hall–Kier alpha value is -3.99. The number of hydrogen-bond acceptors (Lipinski definition) is 8. The molecule has 1 saturated heterocycles. The van der Waals surface area contributed by atoms with Crippen LogP contribution in [0.1, 0.15) is 19.4 Å². The molecule has 0 saturated carbocycles. The molecule has 1 fully saturated rings. The molecule has 0 bridgehead atoms. The molecule has 0 aliphatic carbocycles. The van der Waals surface area contributed by atoms with E-state index in [1.165, 1.54) is 20.1 Å². The number of anilines is 1. The number of methoxy groups -OCH3 is 1. The van der Waals surface area contributed by atoms with Gasteiger partial charge in [0.2, 0.25) is 5.91 Å². The van der Waals surface area contributed by atoms with Crippen molar-refractivity contribution in [2.45, 2.75) is 20.0 Å². The zero-order valence-electron chi connectivity index (χ0n) is 19.3. The highest BCUT2D eigenvalue weighted by Gasteiger charge is 2.36. The average Bonchev–Trinajstić information content (AvgIpc) is 3.08. The molecule has 3 amide bonds. The van der Waals surface area contributed by atoms with Gasteiger partial charge in [-0.05, 0) is 62.0 Å². The SMILES string of the molecule is CCOc1ccc(NC(=O)CN2C(=O)S/C(=C\c3cccc(OC)c3O[C@@H](C)C(=O)O)C2=O)cc1. The van der Waals surface area contributed by atoms with Crippen molar-refractivity contribution < 1.29 is 38.5 Å². The number of carboxylic acid groups (broad SMARTS) is 1. The summed E-state index contributed by atoms with van der Waals surface area (Å²) in [6.07, 6.45) is 0.224. The van der Waals surface area contributed by atoms with Crippen molar-refractivity contribution in [2.75, 3.05) is 25.6 Å². The molecule has 1 aliphatic heterocycles. The Labute approximate surface area is 205 Å². The summed E-state index contributed by atoms with van der Waals surface area (Å²) in [4.78, 5) is 49.9. The molecule has 11 heteroatoms. The van der Waals surface area contributed by atoms with Gasteiger partial charge in [0.1, 0.15) is 12.3 Å². The molecular formula is C24H24N2O8S. The van der Waals surface area contributed by atoms with Crippen LogP contribution >= 0.6 is 11.8 Å². The summed E-state index contributed by atoms with van der Waals surface area (Å²) >= 11 is 0.669. The van der Waals surface area contributed by atoms with Gasteiger partial charge in [-0.25, -0.2) is 4.79 Å². The summed E-state index contributed by atoms with van der Waals surface area (Å²) < 4.78 is 16.1. The molecule has 2 N–H and O–H groups in total. The monoisotopic (exact) mass is 500 g/mol. The fourth-order valence-corrected chi connectivity index (χ4v) is 3.91. The molecule has 0 radical (unpaired) electrons. The van der Waals surface area contributed by atoms with Gasteiger partial charge in [0.25, 0.3) is 11.1 Å². The van der Waals surface area contributed by atoms with E-state index in [1.807, 2.05) is 6.92 Å². The number of para-hydroxylation sites is 1. The molecule has 1 heterocycles. The van der Waals surface area contributed by atoms with E-state index < -0.39 is 35.7 Å². The standard InChI is InChI=1S/C24H24N2O8S/c1-4-33-17-10-8-16(9-11-17)25-20(27)13-26-22(28)19(35-24(26)31)12-15-6-5-7-18(32-3)21(15)34-14(2)23(29)30/h5-12,14H,4,13H2,1-3H3,(H,25,27)(H,29,30)/b19-12-/t14-/m0/s1. The minimum atomic E-state index is -1.18. The highest BCUT2D eigenvalue weighted by Crippen LogP contribution is 2.37. The van der Waals surface area contributed by atoms with Crippen molar-refractivity contribution in [2.24, 2.45) is 0 Å². The summed E-state index contributed by atoms with van der Waals surface area (Å²) in [6, 6.07) is 11.5. The average molecular weight is 501 g/mol. The first-order chi connectivity index (χ1) is 16.7. The largest absolute Gasteiger partial charge is 0.494 e. The van der Waals surface area contributed by atoms with Crippen molar-refractivity contribution >= 4 is 46.5 Å². The van der Waals surface area contributed by atoms with Crippen LogP contribution in [0.3, 0.4) is 0 Å². The quantitative estimate of drug-likeness (QED) is 0.470. The predicted molar refractivity (Wildman–Crippen MR) is 130 cm³/mol. The maximum Gasteiger partial charge on any atom is 0.344 e. The molecular weight excluding hydrogens is 476 g/mol. The molecule has 2 aromatic carbocycles. The van der Waals surface area contributed by atoms with Gasteiger partial charge in [-0.3, -0.25) is 19.3 Å². The maximum absolute atomic E-state index is 12.9. The number of amides is 3. The lowest BCUT2D eigenvalue weighted by molar-refractivity contribution is -0.144. The Balaban J connectivity index is 1.75. The van der Waals surface area contributed by atoms with Crippen LogP contribution < -0.4 is 19.5 Å². The van der Waals surface area contributed by atoms with Gasteiger partial charge in [0.05, 0.1) is 18.6 Å². The number of carbonyl (C=O) groups is 4. The van der Waals surface area contributed by atoms with Gasteiger partial charge in [0, 0.05) is 11.3 Å². The van der Waals surface area contributed by atoms with Gasteiger partial charge in [0.15, 0.2) is 17.6 Å². The van der Waals surface area contributed by atoms with Crippen LogP contribution in [0.5, 0.6) is 17.2 Å². The number of imide groups is 1. The van der Waals surface area contributed by atoms with Crippen molar-refractivity contribution in [1.29, 1.82) is 0 Å².